The fourth-order valence-corrected chi connectivity index (χ4v) is 1.42. The summed E-state index contributed by atoms with van der Waals surface area (Å²) in [5, 5.41) is 0. The molecule has 0 heterocycles. The summed E-state index contributed by atoms with van der Waals surface area (Å²) in [4.78, 5) is 0. The van der Waals surface area contributed by atoms with Crippen LogP contribution in [0.4, 0.5) is 0 Å². The number of para-hydroxylation sites is 1. The molecule has 1 heteroatoms. The topological polar surface area (TPSA) is 9.23 Å². The predicted molar refractivity (Wildman–Crippen MR) is 61.3 cm³/mol. The molecule has 0 amide bonds. The average Bonchev–Trinajstić information content (AvgIpc) is 2.22. The molecular weight excluding hydrogens is 184 g/mol. The SMILES string of the molecule is Cc1[c]ccc(Oc2ccccc2C)c1. The molecule has 0 aliphatic carbocycles. The summed E-state index contributed by atoms with van der Waals surface area (Å²) < 4.78 is 5.77. The lowest BCUT2D eigenvalue weighted by Crippen LogP contribution is -1.87. The third-order valence-corrected chi connectivity index (χ3v) is 2.24. The Kier molecular flexibility index (Phi) is 2.72. The molecule has 0 N–H and O–H groups in total. The summed E-state index contributed by atoms with van der Waals surface area (Å²) in [5.74, 6) is 1.77. The summed E-state index contributed by atoms with van der Waals surface area (Å²) in [6, 6.07) is 16.9. The molecule has 0 fully saturated rings. The van der Waals surface area contributed by atoms with Gasteiger partial charge in [0.2, 0.25) is 0 Å². The van der Waals surface area contributed by atoms with Gasteiger partial charge >= 0.3 is 0 Å². The number of aryl methyl sites for hydroxylation is 2. The molecule has 0 saturated carbocycles. The summed E-state index contributed by atoms with van der Waals surface area (Å²) in [6.07, 6.45) is 0. The van der Waals surface area contributed by atoms with E-state index in [1.54, 1.807) is 0 Å². The van der Waals surface area contributed by atoms with Crippen LogP contribution in [0.25, 0.3) is 0 Å². The molecule has 0 atom stereocenters. The highest BCUT2D eigenvalue weighted by atomic mass is 16.5. The fourth-order valence-electron chi connectivity index (χ4n) is 1.42. The molecule has 2 aromatic carbocycles. The maximum Gasteiger partial charge on any atom is 0.130 e. The summed E-state index contributed by atoms with van der Waals surface area (Å²) in [5.41, 5.74) is 2.23. The van der Waals surface area contributed by atoms with E-state index in [0.29, 0.717) is 0 Å². The van der Waals surface area contributed by atoms with Gasteiger partial charge in [-0.25, -0.2) is 0 Å². The van der Waals surface area contributed by atoms with Crippen molar-refractivity contribution in [3.8, 4) is 11.5 Å². The Labute approximate surface area is 90.3 Å². The third-order valence-electron chi connectivity index (χ3n) is 2.24. The van der Waals surface area contributed by atoms with Crippen molar-refractivity contribution in [1.82, 2.24) is 0 Å². The highest BCUT2D eigenvalue weighted by Crippen LogP contribution is 2.24. The van der Waals surface area contributed by atoms with Crippen molar-refractivity contribution in [2.24, 2.45) is 0 Å². The Balaban J connectivity index is 2.26. The molecule has 15 heavy (non-hydrogen) atoms. The van der Waals surface area contributed by atoms with Crippen molar-refractivity contribution in [2.45, 2.75) is 13.8 Å². The lowest BCUT2D eigenvalue weighted by molar-refractivity contribution is 0.478. The van der Waals surface area contributed by atoms with Crippen molar-refractivity contribution in [1.29, 1.82) is 0 Å². The smallest absolute Gasteiger partial charge is 0.130 e. The van der Waals surface area contributed by atoms with Gasteiger partial charge in [-0.15, -0.1) is 0 Å². The molecule has 2 rings (SSSR count). The third kappa shape index (κ3) is 2.38. The zero-order chi connectivity index (χ0) is 10.7. The zero-order valence-corrected chi connectivity index (χ0v) is 8.95. The van der Waals surface area contributed by atoms with Crippen LogP contribution in [0.15, 0.2) is 42.5 Å². The zero-order valence-electron chi connectivity index (χ0n) is 8.95. The van der Waals surface area contributed by atoms with Gasteiger partial charge in [0.05, 0.1) is 0 Å². The lowest BCUT2D eigenvalue weighted by Gasteiger charge is -2.08. The van der Waals surface area contributed by atoms with Crippen molar-refractivity contribution in [3.05, 3.63) is 59.7 Å². The quantitative estimate of drug-likeness (QED) is 0.709. The van der Waals surface area contributed by atoms with Gasteiger partial charge in [-0.1, -0.05) is 24.3 Å². The Bertz CT molecular complexity index is 460. The van der Waals surface area contributed by atoms with Crippen LogP contribution in [0.3, 0.4) is 0 Å². The van der Waals surface area contributed by atoms with Gasteiger partial charge in [0.1, 0.15) is 11.5 Å². The van der Waals surface area contributed by atoms with Crippen LogP contribution in [-0.4, -0.2) is 0 Å². The van der Waals surface area contributed by atoms with Crippen LogP contribution >= 0.6 is 0 Å². The molecule has 0 bridgehead atoms. The van der Waals surface area contributed by atoms with Gasteiger partial charge in [0.25, 0.3) is 0 Å². The maximum atomic E-state index is 5.77. The van der Waals surface area contributed by atoms with Gasteiger partial charge in [-0.05, 0) is 49.2 Å². The van der Waals surface area contributed by atoms with E-state index in [9.17, 15) is 0 Å². The molecule has 75 valence electrons. The van der Waals surface area contributed by atoms with E-state index in [1.165, 1.54) is 0 Å². The second kappa shape index (κ2) is 4.18. The van der Waals surface area contributed by atoms with Crippen LogP contribution in [0.2, 0.25) is 0 Å². The van der Waals surface area contributed by atoms with Gasteiger partial charge in [0, 0.05) is 0 Å². The van der Waals surface area contributed by atoms with Crippen molar-refractivity contribution >= 4 is 0 Å². The van der Waals surface area contributed by atoms with E-state index in [2.05, 4.69) is 6.07 Å². The first-order chi connectivity index (χ1) is 7.25. The predicted octanol–water partition coefficient (Wildman–Crippen LogP) is 3.90. The molecule has 1 nitrogen and oxygen atoms in total. The number of rotatable bonds is 2. The Morgan fingerprint density at radius 2 is 1.87 bits per heavy atom. The number of hydrogen-bond donors (Lipinski definition) is 0. The first kappa shape index (κ1) is 9.78. The van der Waals surface area contributed by atoms with E-state index in [0.717, 1.165) is 22.6 Å². The second-order valence-corrected chi connectivity index (χ2v) is 3.57. The minimum atomic E-state index is 0.862. The molecule has 0 aliphatic heterocycles. The molecule has 0 spiro atoms. The Morgan fingerprint density at radius 1 is 1.07 bits per heavy atom. The van der Waals surface area contributed by atoms with Gasteiger partial charge < -0.3 is 4.74 Å². The first-order valence-electron chi connectivity index (χ1n) is 4.97. The van der Waals surface area contributed by atoms with Crippen molar-refractivity contribution < 1.29 is 4.74 Å². The van der Waals surface area contributed by atoms with E-state index in [-0.39, 0.29) is 0 Å². The molecule has 0 aliphatic rings. The molecule has 0 aromatic heterocycles. The molecule has 0 unspecified atom stereocenters. The second-order valence-electron chi connectivity index (χ2n) is 3.57. The van der Waals surface area contributed by atoms with Crippen molar-refractivity contribution in [2.75, 3.05) is 0 Å². The number of benzene rings is 2. The average molecular weight is 197 g/mol. The summed E-state index contributed by atoms with van der Waals surface area (Å²) in [6.45, 7) is 4.04. The molecule has 0 saturated heterocycles. The molecular formula is C14H13O. The van der Waals surface area contributed by atoms with Crippen molar-refractivity contribution in [3.63, 3.8) is 0 Å². The summed E-state index contributed by atoms with van der Waals surface area (Å²) >= 11 is 0. The van der Waals surface area contributed by atoms with E-state index in [1.807, 2.05) is 56.3 Å². The van der Waals surface area contributed by atoms with Crippen LogP contribution in [0.5, 0.6) is 11.5 Å². The van der Waals surface area contributed by atoms with Crippen LogP contribution in [0.1, 0.15) is 11.1 Å². The van der Waals surface area contributed by atoms with Crippen LogP contribution < -0.4 is 4.74 Å². The Morgan fingerprint density at radius 3 is 2.60 bits per heavy atom. The number of hydrogen-bond acceptors (Lipinski definition) is 1. The minimum absolute atomic E-state index is 0.862. The standard InChI is InChI=1S/C14H13O/c1-11-6-5-8-13(10-11)15-14-9-4-3-7-12(14)2/h3-5,7-10H,1-2H3. The number of ether oxygens (including phenoxy) is 1. The monoisotopic (exact) mass is 197 g/mol. The highest BCUT2D eigenvalue weighted by Gasteiger charge is 1.99. The van der Waals surface area contributed by atoms with Gasteiger partial charge in [-0.3, -0.25) is 0 Å². The highest BCUT2D eigenvalue weighted by molar-refractivity contribution is 5.37. The maximum absolute atomic E-state index is 5.77. The van der Waals surface area contributed by atoms with E-state index >= 15 is 0 Å². The van der Waals surface area contributed by atoms with Gasteiger partial charge in [-0.2, -0.15) is 0 Å². The lowest BCUT2D eigenvalue weighted by atomic mass is 10.2. The van der Waals surface area contributed by atoms with Crippen LogP contribution in [-0.2, 0) is 0 Å². The largest absolute Gasteiger partial charge is 0.457 e. The van der Waals surface area contributed by atoms with E-state index < -0.39 is 0 Å². The Hall–Kier alpha value is -1.76. The fraction of sp³-hybridized carbons (Fsp3) is 0.143. The van der Waals surface area contributed by atoms with E-state index in [4.69, 9.17) is 4.74 Å². The molecule has 2 aromatic rings. The van der Waals surface area contributed by atoms with Crippen LogP contribution in [0, 0.1) is 19.9 Å². The molecule has 1 radical (unpaired) electrons. The minimum Gasteiger partial charge on any atom is -0.457 e. The first-order valence-corrected chi connectivity index (χ1v) is 4.97. The summed E-state index contributed by atoms with van der Waals surface area (Å²) in [7, 11) is 0. The van der Waals surface area contributed by atoms with Gasteiger partial charge in [0.15, 0.2) is 0 Å². The normalized spacial score (nSPS) is 10.0.